The van der Waals surface area contributed by atoms with Crippen molar-refractivity contribution in [1.82, 2.24) is 10.2 Å². The lowest BCUT2D eigenvalue weighted by Crippen LogP contribution is -2.46. The van der Waals surface area contributed by atoms with Crippen molar-refractivity contribution in [2.45, 2.75) is 51.2 Å². The zero-order chi connectivity index (χ0) is 22.3. The van der Waals surface area contributed by atoms with E-state index >= 15 is 0 Å². The van der Waals surface area contributed by atoms with Crippen LogP contribution in [0.4, 0.5) is 13.2 Å². The fourth-order valence-corrected chi connectivity index (χ4v) is 3.60. The second kappa shape index (κ2) is 10.5. The summed E-state index contributed by atoms with van der Waals surface area (Å²) in [4.78, 5) is 15.0. The summed E-state index contributed by atoms with van der Waals surface area (Å²) in [5, 5.41) is 3.39. The van der Waals surface area contributed by atoms with Crippen LogP contribution in [-0.4, -0.2) is 42.4 Å². The fourth-order valence-electron chi connectivity index (χ4n) is 3.60. The van der Waals surface area contributed by atoms with Gasteiger partial charge in [0.05, 0.1) is 0 Å². The van der Waals surface area contributed by atoms with Gasteiger partial charge in [0.25, 0.3) is 5.91 Å². The van der Waals surface area contributed by atoms with E-state index in [1.165, 1.54) is 12.1 Å². The number of carbonyl (C=O) groups is 1. The largest absolute Gasteiger partial charge is 0.573 e. The molecular formula is C23H27F3N2O3. The summed E-state index contributed by atoms with van der Waals surface area (Å²) in [7, 11) is 0. The summed E-state index contributed by atoms with van der Waals surface area (Å²) in [6.07, 6.45) is -2.86. The number of hydrogen-bond acceptors (Lipinski definition) is 4. The number of carbonyl (C=O) groups excluding carboxylic acids is 1. The molecule has 1 heterocycles. The molecule has 0 radical (unpaired) electrons. The van der Waals surface area contributed by atoms with Gasteiger partial charge in [-0.3, -0.25) is 4.79 Å². The molecule has 0 bridgehead atoms. The van der Waals surface area contributed by atoms with Crippen molar-refractivity contribution in [3.8, 4) is 11.5 Å². The Morgan fingerprint density at radius 2 is 1.84 bits per heavy atom. The standard InChI is InChI=1S/C23H27F3N2O3/c1-2-21(30-19-8-4-3-5-9-19)22(29)28(16-18-7-6-14-27-18)15-17-10-12-20(13-11-17)31-23(24,25)26/h3-5,8-13,18,21,27H,2,6-7,14-16H2,1H3. The van der Waals surface area contributed by atoms with Gasteiger partial charge in [-0.15, -0.1) is 13.2 Å². The SMILES string of the molecule is CCC(Oc1ccccc1)C(=O)N(Cc1ccc(OC(F)(F)F)cc1)CC1CCCN1. The number of rotatable bonds is 9. The zero-order valence-electron chi connectivity index (χ0n) is 17.4. The maximum atomic E-state index is 13.3. The van der Waals surface area contributed by atoms with Gasteiger partial charge in [-0.2, -0.15) is 0 Å². The van der Waals surface area contributed by atoms with Crippen molar-refractivity contribution >= 4 is 5.91 Å². The molecule has 31 heavy (non-hydrogen) atoms. The minimum atomic E-state index is -4.74. The van der Waals surface area contributed by atoms with E-state index in [1.807, 2.05) is 25.1 Å². The normalized spacial score (nSPS) is 17.2. The molecule has 1 aliphatic rings. The van der Waals surface area contributed by atoms with Crippen molar-refractivity contribution in [1.29, 1.82) is 0 Å². The first-order valence-corrected chi connectivity index (χ1v) is 10.4. The molecule has 5 nitrogen and oxygen atoms in total. The molecule has 1 aliphatic heterocycles. The lowest BCUT2D eigenvalue weighted by Gasteiger charge is -2.30. The molecule has 2 aromatic carbocycles. The van der Waals surface area contributed by atoms with Crippen LogP contribution in [0.3, 0.4) is 0 Å². The Hall–Kier alpha value is -2.74. The third kappa shape index (κ3) is 7.17. The molecule has 1 saturated heterocycles. The van der Waals surface area contributed by atoms with Gasteiger partial charge in [-0.25, -0.2) is 0 Å². The van der Waals surface area contributed by atoms with Crippen molar-refractivity contribution in [3.05, 3.63) is 60.2 Å². The zero-order valence-corrected chi connectivity index (χ0v) is 17.4. The van der Waals surface area contributed by atoms with Gasteiger partial charge in [0.15, 0.2) is 6.10 Å². The van der Waals surface area contributed by atoms with E-state index in [0.29, 0.717) is 18.7 Å². The van der Waals surface area contributed by atoms with Crippen molar-refractivity contribution in [3.63, 3.8) is 0 Å². The summed E-state index contributed by atoms with van der Waals surface area (Å²) < 4.78 is 47.0. The fraction of sp³-hybridized carbons (Fsp3) is 0.435. The molecule has 1 fully saturated rings. The smallest absolute Gasteiger partial charge is 0.481 e. The number of hydrogen-bond donors (Lipinski definition) is 1. The van der Waals surface area contributed by atoms with Gasteiger partial charge >= 0.3 is 6.36 Å². The van der Waals surface area contributed by atoms with Crippen LogP contribution in [0.1, 0.15) is 31.7 Å². The van der Waals surface area contributed by atoms with Gasteiger partial charge in [-0.05, 0) is 55.6 Å². The quantitative estimate of drug-likeness (QED) is 0.628. The van der Waals surface area contributed by atoms with E-state index in [4.69, 9.17) is 4.74 Å². The second-order valence-corrected chi connectivity index (χ2v) is 7.53. The van der Waals surface area contributed by atoms with Gasteiger partial charge in [0, 0.05) is 19.1 Å². The lowest BCUT2D eigenvalue weighted by atomic mass is 10.1. The first-order valence-electron chi connectivity index (χ1n) is 10.4. The lowest BCUT2D eigenvalue weighted by molar-refractivity contribution is -0.274. The van der Waals surface area contributed by atoms with Crippen LogP contribution in [0, 0.1) is 0 Å². The van der Waals surface area contributed by atoms with Crippen LogP contribution < -0.4 is 14.8 Å². The molecule has 1 N–H and O–H groups in total. The number of benzene rings is 2. The van der Waals surface area contributed by atoms with E-state index in [0.717, 1.165) is 24.9 Å². The summed E-state index contributed by atoms with van der Waals surface area (Å²) >= 11 is 0. The summed E-state index contributed by atoms with van der Waals surface area (Å²) in [6, 6.07) is 15.0. The number of nitrogens with one attached hydrogen (secondary N) is 1. The predicted octanol–water partition coefficient (Wildman–Crippen LogP) is 4.52. The number of nitrogens with zero attached hydrogens (tertiary/aromatic N) is 1. The number of amides is 1. The highest BCUT2D eigenvalue weighted by Crippen LogP contribution is 2.24. The van der Waals surface area contributed by atoms with Crippen LogP contribution in [-0.2, 0) is 11.3 Å². The molecule has 2 aromatic rings. The summed E-state index contributed by atoms with van der Waals surface area (Å²) in [6.45, 7) is 3.58. The number of alkyl halides is 3. The van der Waals surface area contributed by atoms with E-state index in [1.54, 1.807) is 29.2 Å². The molecule has 0 spiro atoms. The molecule has 2 atom stereocenters. The van der Waals surface area contributed by atoms with Crippen LogP contribution in [0.25, 0.3) is 0 Å². The van der Waals surface area contributed by atoms with E-state index in [9.17, 15) is 18.0 Å². The molecule has 2 unspecified atom stereocenters. The molecule has 0 aromatic heterocycles. The molecule has 1 amide bonds. The van der Waals surface area contributed by atoms with Gasteiger partial charge in [-0.1, -0.05) is 37.3 Å². The van der Waals surface area contributed by atoms with Crippen molar-refractivity contribution in [2.24, 2.45) is 0 Å². The Kier molecular flexibility index (Phi) is 7.79. The first-order chi connectivity index (χ1) is 14.8. The average molecular weight is 436 g/mol. The maximum Gasteiger partial charge on any atom is 0.573 e. The highest BCUT2D eigenvalue weighted by molar-refractivity contribution is 5.81. The summed E-state index contributed by atoms with van der Waals surface area (Å²) in [5.41, 5.74) is 0.718. The highest BCUT2D eigenvalue weighted by atomic mass is 19.4. The van der Waals surface area contributed by atoms with Gasteiger partial charge in [0.1, 0.15) is 11.5 Å². The molecule has 0 aliphatic carbocycles. The number of halogens is 3. The first kappa shape index (κ1) is 22.9. The molecule has 3 rings (SSSR count). The van der Waals surface area contributed by atoms with Gasteiger partial charge < -0.3 is 19.7 Å². The van der Waals surface area contributed by atoms with E-state index in [-0.39, 0.29) is 24.2 Å². The Bertz CT molecular complexity index is 822. The minimum absolute atomic E-state index is 0.143. The predicted molar refractivity (Wildman–Crippen MR) is 111 cm³/mol. The third-order valence-electron chi connectivity index (χ3n) is 5.11. The molecule has 8 heteroatoms. The second-order valence-electron chi connectivity index (χ2n) is 7.53. The average Bonchev–Trinajstić information content (AvgIpc) is 3.25. The minimum Gasteiger partial charge on any atom is -0.481 e. The summed E-state index contributed by atoms with van der Waals surface area (Å²) in [5.74, 6) is 0.191. The van der Waals surface area contributed by atoms with Gasteiger partial charge in [0.2, 0.25) is 0 Å². The van der Waals surface area contributed by atoms with Crippen LogP contribution in [0.5, 0.6) is 11.5 Å². The van der Waals surface area contributed by atoms with E-state index < -0.39 is 12.5 Å². The molecule has 168 valence electrons. The Balaban J connectivity index is 1.72. The Labute approximate surface area is 180 Å². The maximum absolute atomic E-state index is 13.3. The molecular weight excluding hydrogens is 409 g/mol. The Morgan fingerprint density at radius 3 is 2.42 bits per heavy atom. The molecule has 0 saturated carbocycles. The topological polar surface area (TPSA) is 50.8 Å². The number of para-hydroxylation sites is 1. The monoisotopic (exact) mass is 436 g/mol. The van der Waals surface area contributed by atoms with Crippen molar-refractivity contribution in [2.75, 3.05) is 13.1 Å². The van der Waals surface area contributed by atoms with Crippen molar-refractivity contribution < 1.29 is 27.4 Å². The highest BCUT2D eigenvalue weighted by Gasteiger charge is 2.31. The van der Waals surface area contributed by atoms with Crippen LogP contribution in [0.2, 0.25) is 0 Å². The number of ether oxygens (including phenoxy) is 2. The third-order valence-corrected chi connectivity index (χ3v) is 5.11. The van der Waals surface area contributed by atoms with E-state index in [2.05, 4.69) is 10.1 Å². The Morgan fingerprint density at radius 1 is 1.13 bits per heavy atom. The van der Waals surface area contributed by atoms with Crippen LogP contribution in [0.15, 0.2) is 54.6 Å². The van der Waals surface area contributed by atoms with Crippen LogP contribution >= 0.6 is 0 Å².